The molecular weight excluding hydrogens is 218 g/mol. The van der Waals surface area contributed by atoms with Gasteiger partial charge in [-0.3, -0.25) is 5.32 Å². The van der Waals surface area contributed by atoms with Crippen molar-refractivity contribution in [1.82, 2.24) is 10.2 Å². The summed E-state index contributed by atoms with van der Waals surface area (Å²) < 4.78 is 0. The molecular formula is C12H23N3S. The molecule has 1 heterocycles. The first-order valence-electron chi connectivity index (χ1n) is 5.82. The van der Waals surface area contributed by atoms with Gasteiger partial charge in [-0.1, -0.05) is 13.8 Å². The van der Waals surface area contributed by atoms with Gasteiger partial charge in [0.1, 0.15) is 5.54 Å². The second-order valence-electron chi connectivity index (χ2n) is 5.43. The van der Waals surface area contributed by atoms with Crippen molar-refractivity contribution in [3.05, 3.63) is 0 Å². The summed E-state index contributed by atoms with van der Waals surface area (Å²) in [5, 5.41) is 13.0. The van der Waals surface area contributed by atoms with E-state index in [1.165, 1.54) is 5.75 Å². The third-order valence-electron chi connectivity index (χ3n) is 3.52. The Balaban J connectivity index is 2.65. The highest BCUT2D eigenvalue weighted by atomic mass is 32.2. The Labute approximate surface area is 104 Å². The predicted molar refractivity (Wildman–Crippen MR) is 70.6 cm³/mol. The molecule has 0 bridgehead atoms. The molecule has 1 saturated heterocycles. The fourth-order valence-electron chi connectivity index (χ4n) is 1.97. The van der Waals surface area contributed by atoms with Crippen molar-refractivity contribution in [2.24, 2.45) is 5.41 Å². The predicted octanol–water partition coefficient (Wildman–Crippen LogP) is 1.56. The SMILES string of the molecule is CN(C)CCNC1(C#N)CSCCC1(C)C. The molecule has 0 aromatic rings. The average molecular weight is 241 g/mol. The van der Waals surface area contributed by atoms with Gasteiger partial charge >= 0.3 is 0 Å². The minimum absolute atomic E-state index is 0.0688. The van der Waals surface area contributed by atoms with E-state index < -0.39 is 0 Å². The Hall–Kier alpha value is -0.240. The molecule has 0 spiro atoms. The van der Waals surface area contributed by atoms with Gasteiger partial charge in [0.15, 0.2) is 0 Å². The first kappa shape index (κ1) is 13.8. The number of nitrogens with one attached hydrogen (secondary N) is 1. The van der Waals surface area contributed by atoms with Crippen LogP contribution in [0.15, 0.2) is 0 Å². The molecule has 0 amide bonds. The molecule has 0 saturated carbocycles. The van der Waals surface area contributed by atoms with E-state index in [4.69, 9.17) is 0 Å². The summed E-state index contributed by atoms with van der Waals surface area (Å²) in [4.78, 5) is 2.14. The van der Waals surface area contributed by atoms with Gasteiger partial charge in [0.2, 0.25) is 0 Å². The lowest BCUT2D eigenvalue weighted by Gasteiger charge is -2.45. The minimum Gasteiger partial charge on any atom is -0.308 e. The van der Waals surface area contributed by atoms with Crippen LogP contribution < -0.4 is 5.32 Å². The van der Waals surface area contributed by atoms with Crippen LogP contribution in [0.2, 0.25) is 0 Å². The zero-order valence-electron chi connectivity index (χ0n) is 10.8. The molecule has 0 aromatic heterocycles. The topological polar surface area (TPSA) is 39.1 Å². The van der Waals surface area contributed by atoms with Crippen LogP contribution in [0.3, 0.4) is 0 Å². The van der Waals surface area contributed by atoms with Crippen molar-refractivity contribution in [3.8, 4) is 6.07 Å². The normalized spacial score (nSPS) is 29.0. The quantitative estimate of drug-likeness (QED) is 0.811. The van der Waals surface area contributed by atoms with Crippen LogP contribution in [-0.4, -0.2) is 49.1 Å². The average Bonchev–Trinajstić information content (AvgIpc) is 2.20. The van der Waals surface area contributed by atoms with E-state index in [9.17, 15) is 5.26 Å². The Bertz CT molecular complexity index is 270. The smallest absolute Gasteiger partial charge is 0.121 e. The van der Waals surface area contributed by atoms with Crippen LogP contribution in [0.5, 0.6) is 0 Å². The fourth-order valence-corrected chi connectivity index (χ4v) is 3.63. The molecule has 92 valence electrons. The molecule has 16 heavy (non-hydrogen) atoms. The molecule has 1 fully saturated rings. The van der Waals surface area contributed by atoms with E-state index in [0.717, 1.165) is 25.3 Å². The van der Waals surface area contributed by atoms with Crippen LogP contribution in [0, 0.1) is 16.7 Å². The Kier molecular flexibility index (Phi) is 4.66. The van der Waals surface area contributed by atoms with Gasteiger partial charge in [0.25, 0.3) is 0 Å². The molecule has 0 aromatic carbocycles. The first-order valence-corrected chi connectivity index (χ1v) is 6.98. The molecule has 3 nitrogen and oxygen atoms in total. The maximum Gasteiger partial charge on any atom is 0.121 e. The second-order valence-corrected chi connectivity index (χ2v) is 6.54. The van der Waals surface area contributed by atoms with E-state index in [-0.39, 0.29) is 11.0 Å². The number of likely N-dealkylation sites (N-methyl/N-ethyl adjacent to an activating group) is 1. The molecule has 1 atom stereocenters. The summed E-state index contributed by atoms with van der Waals surface area (Å²) in [5.41, 5.74) is -0.286. The van der Waals surface area contributed by atoms with Crippen molar-refractivity contribution < 1.29 is 0 Å². The van der Waals surface area contributed by atoms with Crippen molar-refractivity contribution in [2.75, 3.05) is 38.7 Å². The van der Waals surface area contributed by atoms with Crippen LogP contribution in [-0.2, 0) is 0 Å². The van der Waals surface area contributed by atoms with E-state index in [2.05, 4.69) is 44.2 Å². The number of hydrogen-bond acceptors (Lipinski definition) is 4. The van der Waals surface area contributed by atoms with Crippen LogP contribution in [0.25, 0.3) is 0 Å². The third kappa shape index (κ3) is 2.91. The lowest BCUT2D eigenvalue weighted by atomic mass is 9.71. The largest absolute Gasteiger partial charge is 0.308 e. The first-order chi connectivity index (χ1) is 7.43. The maximum absolute atomic E-state index is 9.50. The van der Waals surface area contributed by atoms with Gasteiger partial charge in [-0.25, -0.2) is 0 Å². The highest BCUT2D eigenvalue weighted by molar-refractivity contribution is 7.99. The molecule has 4 heteroatoms. The number of hydrogen-bond donors (Lipinski definition) is 1. The van der Waals surface area contributed by atoms with Crippen LogP contribution in [0.4, 0.5) is 0 Å². The van der Waals surface area contributed by atoms with Crippen molar-refractivity contribution in [1.29, 1.82) is 5.26 Å². The fraction of sp³-hybridized carbons (Fsp3) is 0.917. The molecule has 0 radical (unpaired) electrons. The molecule has 1 aliphatic rings. The summed E-state index contributed by atoms with van der Waals surface area (Å²) in [5.74, 6) is 2.08. The lowest BCUT2D eigenvalue weighted by molar-refractivity contribution is 0.179. The van der Waals surface area contributed by atoms with Crippen molar-refractivity contribution in [2.45, 2.75) is 25.8 Å². The summed E-state index contributed by atoms with van der Waals surface area (Å²) in [6, 6.07) is 2.53. The Morgan fingerprint density at radius 1 is 1.44 bits per heavy atom. The highest BCUT2D eigenvalue weighted by Crippen LogP contribution is 2.41. The summed E-state index contributed by atoms with van der Waals surface area (Å²) in [7, 11) is 4.11. The highest BCUT2D eigenvalue weighted by Gasteiger charge is 2.47. The molecule has 0 aliphatic carbocycles. The Morgan fingerprint density at radius 2 is 2.12 bits per heavy atom. The molecule has 1 N–H and O–H groups in total. The zero-order valence-corrected chi connectivity index (χ0v) is 11.7. The number of thioether (sulfide) groups is 1. The van der Waals surface area contributed by atoms with E-state index in [1.54, 1.807) is 0 Å². The number of nitrogens with zero attached hydrogens (tertiary/aromatic N) is 2. The Morgan fingerprint density at radius 3 is 2.62 bits per heavy atom. The van der Waals surface area contributed by atoms with Gasteiger partial charge in [0.05, 0.1) is 6.07 Å². The minimum atomic E-state index is -0.355. The van der Waals surface area contributed by atoms with Gasteiger partial charge in [-0.15, -0.1) is 0 Å². The van der Waals surface area contributed by atoms with E-state index in [1.807, 2.05) is 11.8 Å². The van der Waals surface area contributed by atoms with Crippen LogP contribution >= 0.6 is 11.8 Å². The summed E-state index contributed by atoms with van der Waals surface area (Å²) >= 11 is 1.89. The monoisotopic (exact) mass is 241 g/mol. The molecule has 1 unspecified atom stereocenters. The molecule has 1 aliphatic heterocycles. The van der Waals surface area contributed by atoms with Gasteiger partial charge in [-0.05, 0) is 31.7 Å². The van der Waals surface area contributed by atoms with Crippen molar-refractivity contribution >= 4 is 11.8 Å². The molecule has 1 rings (SSSR count). The van der Waals surface area contributed by atoms with E-state index in [0.29, 0.717) is 0 Å². The van der Waals surface area contributed by atoms with Gasteiger partial charge in [-0.2, -0.15) is 17.0 Å². The summed E-state index contributed by atoms with van der Waals surface area (Å²) in [6.45, 7) is 6.27. The van der Waals surface area contributed by atoms with Crippen LogP contribution in [0.1, 0.15) is 20.3 Å². The standard InChI is InChI=1S/C12H23N3S/c1-11(2)5-8-16-10-12(11,9-13)14-6-7-15(3)4/h14H,5-8,10H2,1-4H3. The van der Waals surface area contributed by atoms with E-state index >= 15 is 0 Å². The number of rotatable bonds is 4. The summed E-state index contributed by atoms with van der Waals surface area (Å²) in [6.07, 6.45) is 1.11. The number of nitriles is 1. The van der Waals surface area contributed by atoms with Gasteiger partial charge in [0, 0.05) is 18.8 Å². The second kappa shape index (κ2) is 5.39. The zero-order chi connectivity index (χ0) is 12.2. The van der Waals surface area contributed by atoms with Crippen molar-refractivity contribution in [3.63, 3.8) is 0 Å². The maximum atomic E-state index is 9.50. The third-order valence-corrected chi connectivity index (χ3v) is 4.65. The van der Waals surface area contributed by atoms with Gasteiger partial charge < -0.3 is 4.90 Å². The lowest BCUT2D eigenvalue weighted by Crippen LogP contribution is -2.60.